The van der Waals surface area contributed by atoms with Crippen molar-refractivity contribution in [1.82, 2.24) is 9.88 Å². The summed E-state index contributed by atoms with van der Waals surface area (Å²) in [5.41, 5.74) is 0.642. The van der Waals surface area contributed by atoms with Crippen LogP contribution in [-0.4, -0.2) is 34.0 Å². The highest BCUT2D eigenvalue weighted by atomic mass is 16.5. The molecule has 114 valence electrons. The molecule has 5 nitrogen and oxygen atoms in total. The molecule has 5 heteroatoms. The summed E-state index contributed by atoms with van der Waals surface area (Å²) >= 11 is 0. The van der Waals surface area contributed by atoms with Gasteiger partial charge in [-0.3, -0.25) is 9.78 Å². The molecule has 0 saturated carbocycles. The maximum Gasteiger partial charge on any atom is 0.257 e. The molecular weight excluding hydrogens is 280 g/mol. The van der Waals surface area contributed by atoms with Crippen molar-refractivity contribution in [1.29, 1.82) is 0 Å². The highest BCUT2D eigenvalue weighted by Gasteiger charge is 2.44. The molecule has 4 heterocycles. The first-order valence-corrected chi connectivity index (χ1v) is 7.73. The van der Waals surface area contributed by atoms with Crippen molar-refractivity contribution >= 4 is 5.91 Å². The van der Waals surface area contributed by atoms with E-state index in [4.69, 9.17) is 9.15 Å². The van der Waals surface area contributed by atoms with Crippen LogP contribution in [0.5, 0.6) is 5.75 Å². The number of aromatic nitrogens is 1. The molecule has 2 saturated heterocycles. The Morgan fingerprint density at radius 3 is 2.73 bits per heavy atom. The summed E-state index contributed by atoms with van der Waals surface area (Å²) < 4.78 is 11.1. The Bertz CT molecular complexity index is 627. The number of nitrogens with zero attached hydrogens (tertiary/aromatic N) is 2. The first-order chi connectivity index (χ1) is 10.8. The van der Waals surface area contributed by atoms with Crippen LogP contribution < -0.4 is 4.74 Å². The molecule has 0 unspecified atom stereocenters. The quantitative estimate of drug-likeness (QED) is 0.874. The molecule has 2 aliphatic rings. The molecule has 4 rings (SSSR count). The largest absolute Gasteiger partial charge is 0.489 e. The van der Waals surface area contributed by atoms with Crippen LogP contribution in [0, 0.1) is 0 Å². The molecule has 0 N–H and O–H groups in total. The first kappa shape index (κ1) is 13.4. The lowest BCUT2D eigenvalue weighted by Gasteiger charge is -2.38. The van der Waals surface area contributed by atoms with Crippen LogP contribution in [0.25, 0.3) is 0 Å². The minimum atomic E-state index is 0.0843. The number of rotatable bonds is 3. The van der Waals surface area contributed by atoms with Gasteiger partial charge >= 0.3 is 0 Å². The second-order valence-electron chi connectivity index (χ2n) is 6.01. The van der Waals surface area contributed by atoms with E-state index < -0.39 is 0 Å². The van der Waals surface area contributed by atoms with Gasteiger partial charge in [0.1, 0.15) is 18.1 Å². The van der Waals surface area contributed by atoms with Gasteiger partial charge in [0.15, 0.2) is 0 Å². The molecular formula is C17H18N2O3. The highest BCUT2D eigenvalue weighted by molar-refractivity contribution is 5.94. The zero-order valence-corrected chi connectivity index (χ0v) is 12.2. The van der Waals surface area contributed by atoms with Crippen LogP contribution in [0.15, 0.2) is 47.5 Å². The minimum Gasteiger partial charge on any atom is -0.489 e. The van der Waals surface area contributed by atoms with Crippen LogP contribution in [0.2, 0.25) is 0 Å². The third kappa shape index (κ3) is 2.36. The number of hydrogen-bond donors (Lipinski definition) is 0. The summed E-state index contributed by atoms with van der Waals surface area (Å²) in [6.07, 6.45) is 10.6. The third-order valence-corrected chi connectivity index (χ3v) is 4.63. The molecule has 0 spiro atoms. The van der Waals surface area contributed by atoms with Gasteiger partial charge in [-0.1, -0.05) is 0 Å². The molecule has 0 aliphatic carbocycles. The number of furan rings is 1. The van der Waals surface area contributed by atoms with E-state index in [1.165, 1.54) is 6.26 Å². The van der Waals surface area contributed by atoms with Crippen LogP contribution in [0.3, 0.4) is 0 Å². The topological polar surface area (TPSA) is 55.6 Å². The fourth-order valence-electron chi connectivity index (χ4n) is 3.70. The summed E-state index contributed by atoms with van der Waals surface area (Å²) in [7, 11) is 0. The summed E-state index contributed by atoms with van der Waals surface area (Å²) in [6, 6.07) is 6.07. The smallest absolute Gasteiger partial charge is 0.257 e. The van der Waals surface area contributed by atoms with Crippen molar-refractivity contribution in [3.05, 3.63) is 48.7 Å². The predicted octanol–water partition coefficient (Wildman–Crippen LogP) is 2.89. The molecule has 2 bridgehead atoms. The summed E-state index contributed by atoms with van der Waals surface area (Å²) in [6.45, 7) is 0. The van der Waals surface area contributed by atoms with Crippen LogP contribution >= 0.6 is 0 Å². The van der Waals surface area contributed by atoms with Crippen molar-refractivity contribution in [3.8, 4) is 5.75 Å². The predicted molar refractivity (Wildman–Crippen MR) is 79.6 cm³/mol. The molecule has 22 heavy (non-hydrogen) atoms. The number of pyridine rings is 1. The summed E-state index contributed by atoms with van der Waals surface area (Å²) in [5, 5.41) is 0. The van der Waals surface area contributed by atoms with E-state index >= 15 is 0 Å². The van der Waals surface area contributed by atoms with Gasteiger partial charge in [0, 0.05) is 31.1 Å². The summed E-state index contributed by atoms with van der Waals surface area (Å²) in [4.78, 5) is 18.7. The third-order valence-electron chi connectivity index (χ3n) is 4.63. The fraction of sp³-hybridized carbons (Fsp3) is 0.412. The average Bonchev–Trinajstić information content (AvgIpc) is 3.15. The number of carbonyl (C=O) groups excluding carboxylic acids is 1. The highest BCUT2D eigenvalue weighted by Crippen LogP contribution is 2.38. The Kier molecular flexibility index (Phi) is 3.33. The normalized spacial score (nSPS) is 26.9. The Morgan fingerprint density at radius 1 is 1.27 bits per heavy atom. The van der Waals surface area contributed by atoms with Gasteiger partial charge in [0.2, 0.25) is 0 Å². The lowest BCUT2D eigenvalue weighted by atomic mass is 9.98. The zero-order valence-electron chi connectivity index (χ0n) is 12.2. The standard InChI is InChI=1S/C17H18N2O3/c20-17(12-5-7-21-11-12)19-13-3-4-14(19)9-16(8-13)22-15-2-1-6-18-10-15/h1-2,5-7,10-11,13-14,16H,3-4,8-9H2/t13-,14-/m0/s1. The van der Waals surface area contributed by atoms with Crippen molar-refractivity contribution < 1.29 is 13.9 Å². The molecule has 0 radical (unpaired) electrons. The van der Waals surface area contributed by atoms with Crippen molar-refractivity contribution in [2.24, 2.45) is 0 Å². The van der Waals surface area contributed by atoms with E-state index in [1.807, 2.05) is 17.0 Å². The van der Waals surface area contributed by atoms with E-state index in [0.717, 1.165) is 31.4 Å². The Balaban J connectivity index is 1.47. The van der Waals surface area contributed by atoms with Gasteiger partial charge in [0.25, 0.3) is 5.91 Å². The molecule has 2 fully saturated rings. The van der Waals surface area contributed by atoms with Crippen LogP contribution in [0.1, 0.15) is 36.0 Å². The Hall–Kier alpha value is -2.30. The zero-order chi connectivity index (χ0) is 14.9. The van der Waals surface area contributed by atoms with Crippen molar-refractivity contribution in [3.63, 3.8) is 0 Å². The van der Waals surface area contributed by atoms with Gasteiger partial charge in [-0.25, -0.2) is 0 Å². The van der Waals surface area contributed by atoms with Gasteiger partial charge < -0.3 is 14.1 Å². The number of carbonyl (C=O) groups is 1. The Labute approximate surface area is 128 Å². The first-order valence-electron chi connectivity index (χ1n) is 7.73. The lowest BCUT2D eigenvalue weighted by molar-refractivity contribution is 0.0357. The number of fused-ring (bicyclic) bond motifs is 2. The van der Waals surface area contributed by atoms with Gasteiger partial charge in [-0.05, 0) is 31.0 Å². The van der Waals surface area contributed by atoms with E-state index in [1.54, 1.807) is 24.7 Å². The molecule has 2 aromatic rings. The summed E-state index contributed by atoms with van der Waals surface area (Å²) in [5.74, 6) is 0.891. The van der Waals surface area contributed by atoms with E-state index in [9.17, 15) is 4.79 Å². The lowest BCUT2D eigenvalue weighted by Crippen LogP contribution is -2.49. The minimum absolute atomic E-state index is 0.0843. The fourth-order valence-corrected chi connectivity index (χ4v) is 3.70. The van der Waals surface area contributed by atoms with Crippen LogP contribution in [0.4, 0.5) is 0 Å². The maximum atomic E-state index is 12.6. The van der Waals surface area contributed by atoms with Gasteiger partial charge in [-0.15, -0.1) is 0 Å². The number of ether oxygens (including phenoxy) is 1. The molecule has 2 atom stereocenters. The number of piperidine rings is 1. The molecule has 0 aromatic carbocycles. The van der Waals surface area contributed by atoms with Gasteiger partial charge in [-0.2, -0.15) is 0 Å². The van der Waals surface area contributed by atoms with E-state index in [2.05, 4.69) is 4.98 Å². The van der Waals surface area contributed by atoms with Crippen molar-refractivity contribution in [2.45, 2.75) is 43.9 Å². The molecule has 1 amide bonds. The van der Waals surface area contributed by atoms with E-state index in [-0.39, 0.29) is 24.1 Å². The average molecular weight is 298 g/mol. The SMILES string of the molecule is O=C(c1ccoc1)N1[C@H]2CC[C@H]1CC(Oc1cccnc1)C2. The number of hydrogen-bond acceptors (Lipinski definition) is 4. The Morgan fingerprint density at radius 2 is 2.09 bits per heavy atom. The van der Waals surface area contributed by atoms with Crippen molar-refractivity contribution in [2.75, 3.05) is 0 Å². The number of amides is 1. The monoisotopic (exact) mass is 298 g/mol. The second-order valence-corrected chi connectivity index (χ2v) is 6.01. The van der Waals surface area contributed by atoms with Crippen LogP contribution in [-0.2, 0) is 0 Å². The maximum absolute atomic E-state index is 12.6. The van der Waals surface area contributed by atoms with Gasteiger partial charge in [0.05, 0.1) is 18.0 Å². The molecule has 2 aromatic heterocycles. The van der Waals surface area contributed by atoms with E-state index in [0.29, 0.717) is 5.56 Å². The molecule has 2 aliphatic heterocycles. The second kappa shape index (κ2) is 5.48.